The Bertz CT molecular complexity index is 219. The minimum atomic E-state index is -0.991. The van der Waals surface area contributed by atoms with E-state index in [2.05, 4.69) is 10.6 Å². The van der Waals surface area contributed by atoms with Gasteiger partial charge in [0.1, 0.15) is 6.04 Å². The summed E-state index contributed by atoms with van der Waals surface area (Å²) in [7, 11) is 0. The minimum absolute atomic E-state index is 0.165. The lowest BCUT2D eigenvalue weighted by Gasteiger charge is -2.14. The highest BCUT2D eigenvalue weighted by molar-refractivity contribution is 5.84. The van der Waals surface area contributed by atoms with Crippen LogP contribution in [0.3, 0.4) is 0 Å². The molecule has 0 spiro atoms. The maximum Gasteiger partial charge on any atom is 0.326 e. The molecule has 15 heavy (non-hydrogen) atoms. The Morgan fingerprint density at radius 2 is 1.87 bits per heavy atom. The highest BCUT2D eigenvalue weighted by atomic mass is 16.4. The molecule has 2 atom stereocenters. The van der Waals surface area contributed by atoms with Gasteiger partial charge in [-0.15, -0.1) is 0 Å². The monoisotopic (exact) mass is 216 g/mol. The summed E-state index contributed by atoms with van der Waals surface area (Å²) >= 11 is 0. The van der Waals surface area contributed by atoms with Crippen LogP contribution in [-0.4, -0.2) is 35.6 Å². The summed E-state index contributed by atoms with van der Waals surface area (Å²) in [5.74, 6) is -1.26. The van der Waals surface area contributed by atoms with Gasteiger partial charge in [0.05, 0.1) is 6.54 Å². The van der Waals surface area contributed by atoms with E-state index in [0.717, 1.165) is 6.42 Å². The van der Waals surface area contributed by atoms with Crippen molar-refractivity contribution in [2.24, 2.45) is 0 Å². The molecule has 0 aliphatic rings. The van der Waals surface area contributed by atoms with Gasteiger partial charge in [-0.2, -0.15) is 0 Å². The molecule has 0 fully saturated rings. The second-order valence-corrected chi connectivity index (χ2v) is 3.56. The molecule has 0 saturated heterocycles. The van der Waals surface area contributed by atoms with E-state index in [1.807, 2.05) is 13.8 Å². The molecule has 0 heterocycles. The van der Waals surface area contributed by atoms with E-state index in [-0.39, 0.29) is 18.5 Å². The van der Waals surface area contributed by atoms with Crippen molar-refractivity contribution in [1.82, 2.24) is 10.6 Å². The van der Waals surface area contributed by atoms with Crippen molar-refractivity contribution >= 4 is 11.9 Å². The van der Waals surface area contributed by atoms with E-state index >= 15 is 0 Å². The summed E-state index contributed by atoms with van der Waals surface area (Å²) in [6, 6.07) is -0.517. The Labute approximate surface area is 90.2 Å². The second-order valence-electron chi connectivity index (χ2n) is 3.56. The molecule has 3 N–H and O–H groups in total. The van der Waals surface area contributed by atoms with E-state index in [9.17, 15) is 9.59 Å². The number of aliphatic carboxylic acids is 1. The zero-order valence-electron chi connectivity index (χ0n) is 9.54. The molecule has 88 valence electrons. The number of nitrogens with one attached hydrogen (secondary N) is 2. The number of hydrogen-bond acceptors (Lipinski definition) is 3. The van der Waals surface area contributed by atoms with Crippen molar-refractivity contribution in [1.29, 1.82) is 0 Å². The van der Waals surface area contributed by atoms with Gasteiger partial charge in [-0.1, -0.05) is 13.8 Å². The van der Waals surface area contributed by atoms with Crippen molar-refractivity contribution in [3.05, 3.63) is 0 Å². The van der Waals surface area contributed by atoms with Gasteiger partial charge < -0.3 is 15.7 Å². The van der Waals surface area contributed by atoms with Crippen molar-refractivity contribution in [3.8, 4) is 0 Å². The fourth-order valence-electron chi connectivity index (χ4n) is 0.995. The molecule has 0 radical (unpaired) electrons. The number of carboxylic acids is 1. The Morgan fingerprint density at radius 3 is 2.27 bits per heavy atom. The van der Waals surface area contributed by atoms with Crippen molar-refractivity contribution in [2.75, 3.05) is 6.54 Å². The molecule has 0 aromatic rings. The quantitative estimate of drug-likeness (QED) is 0.574. The molecule has 5 nitrogen and oxygen atoms in total. The predicted molar refractivity (Wildman–Crippen MR) is 57.6 cm³/mol. The van der Waals surface area contributed by atoms with Crippen molar-refractivity contribution < 1.29 is 14.7 Å². The summed E-state index contributed by atoms with van der Waals surface area (Å²) in [6.45, 7) is 5.88. The lowest BCUT2D eigenvalue weighted by Crippen LogP contribution is -2.45. The van der Waals surface area contributed by atoms with Gasteiger partial charge in [0.25, 0.3) is 0 Å². The molecule has 1 amide bonds. The number of carbonyl (C=O) groups excluding carboxylic acids is 1. The zero-order valence-corrected chi connectivity index (χ0v) is 9.54. The fourth-order valence-corrected chi connectivity index (χ4v) is 0.995. The molecule has 0 aromatic carbocycles. The van der Waals surface area contributed by atoms with Gasteiger partial charge in [0.2, 0.25) is 5.91 Å². The second kappa shape index (κ2) is 7.23. The first-order valence-corrected chi connectivity index (χ1v) is 5.26. The normalized spacial score (nSPS) is 14.3. The van der Waals surface area contributed by atoms with Crippen LogP contribution in [0.25, 0.3) is 0 Å². The van der Waals surface area contributed by atoms with Gasteiger partial charge >= 0.3 is 5.97 Å². The van der Waals surface area contributed by atoms with Crippen LogP contribution < -0.4 is 10.6 Å². The Kier molecular flexibility index (Phi) is 6.70. The summed E-state index contributed by atoms with van der Waals surface area (Å²) in [4.78, 5) is 21.9. The molecule has 0 aliphatic carbocycles. The van der Waals surface area contributed by atoms with Gasteiger partial charge in [0.15, 0.2) is 0 Å². The first-order valence-electron chi connectivity index (χ1n) is 5.26. The van der Waals surface area contributed by atoms with E-state index in [4.69, 9.17) is 5.11 Å². The van der Waals surface area contributed by atoms with Gasteiger partial charge in [-0.3, -0.25) is 4.79 Å². The molecule has 5 heteroatoms. The lowest BCUT2D eigenvalue weighted by molar-refractivity contribution is -0.141. The van der Waals surface area contributed by atoms with Crippen LogP contribution in [0.5, 0.6) is 0 Å². The summed E-state index contributed by atoms with van der Waals surface area (Å²) in [5.41, 5.74) is 0. The molecular formula is C10H20N2O3. The van der Waals surface area contributed by atoms with Crippen molar-refractivity contribution in [3.63, 3.8) is 0 Å². The predicted octanol–water partition coefficient (Wildman–Crippen LogP) is 0.354. The largest absolute Gasteiger partial charge is 0.480 e. The van der Waals surface area contributed by atoms with Gasteiger partial charge in [-0.05, 0) is 19.8 Å². The van der Waals surface area contributed by atoms with Crippen molar-refractivity contribution in [2.45, 2.75) is 45.7 Å². The van der Waals surface area contributed by atoms with Crippen LogP contribution in [-0.2, 0) is 9.59 Å². The van der Waals surface area contributed by atoms with Crippen LogP contribution in [0.15, 0.2) is 0 Å². The highest BCUT2D eigenvalue weighted by Crippen LogP contribution is 1.91. The highest BCUT2D eigenvalue weighted by Gasteiger charge is 2.17. The number of amides is 1. The first-order chi connectivity index (χ1) is 7.01. The van der Waals surface area contributed by atoms with E-state index < -0.39 is 12.0 Å². The smallest absolute Gasteiger partial charge is 0.326 e. The molecular weight excluding hydrogens is 196 g/mol. The Hall–Kier alpha value is -1.10. The van der Waals surface area contributed by atoms with Gasteiger partial charge in [-0.25, -0.2) is 4.79 Å². The summed E-state index contributed by atoms with van der Waals surface area (Å²) in [6.07, 6.45) is 1.33. The number of carbonyl (C=O) groups is 2. The molecule has 0 aromatic heterocycles. The molecule has 0 rings (SSSR count). The standard InChI is InChI=1S/C10H20N2O3/c1-4-7(3)11-6-9(13)12-8(5-2)10(14)15/h7-8,11H,4-6H2,1-3H3,(H,12,13)(H,14,15)/t7?,8-/m1/s1. The van der Waals surface area contributed by atoms with Crippen LogP contribution >= 0.6 is 0 Å². The third-order valence-electron chi connectivity index (χ3n) is 2.27. The zero-order chi connectivity index (χ0) is 11.8. The molecule has 1 unspecified atom stereocenters. The maximum absolute atomic E-state index is 11.3. The van der Waals surface area contributed by atoms with Crippen LogP contribution in [0, 0.1) is 0 Å². The third kappa shape index (κ3) is 6.06. The average molecular weight is 216 g/mol. The van der Waals surface area contributed by atoms with Crippen LogP contribution in [0.1, 0.15) is 33.6 Å². The third-order valence-corrected chi connectivity index (χ3v) is 2.27. The maximum atomic E-state index is 11.3. The minimum Gasteiger partial charge on any atom is -0.480 e. The molecule has 0 aliphatic heterocycles. The fraction of sp³-hybridized carbons (Fsp3) is 0.800. The Morgan fingerprint density at radius 1 is 1.27 bits per heavy atom. The average Bonchev–Trinajstić information content (AvgIpc) is 2.21. The van der Waals surface area contributed by atoms with Crippen LogP contribution in [0.2, 0.25) is 0 Å². The van der Waals surface area contributed by atoms with E-state index in [1.54, 1.807) is 6.92 Å². The molecule has 0 bridgehead atoms. The molecule has 0 saturated carbocycles. The lowest BCUT2D eigenvalue weighted by atomic mass is 10.2. The SMILES string of the molecule is CCC(C)NCC(=O)N[C@H](CC)C(=O)O. The topological polar surface area (TPSA) is 78.4 Å². The summed E-state index contributed by atoms with van der Waals surface area (Å²) in [5, 5.41) is 14.2. The summed E-state index contributed by atoms with van der Waals surface area (Å²) < 4.78 is 0. The van der Waals surface area contributed by atoms with E-state index in [0.29, 0.717) is 6.42 Å². The number of rotatable bonds is 7. The Balaban J connectivity index is 3.86. The first kappa shape index (κ1) is 13.9. The number of carboxylic acid groups (broad SMARTS) is 1. The van der Waals surface area contributed by atoms with Gasteiger partial charge in [0, 0.05) is 6.04 Å². The number of hydrogen-bond donors (Lipinski definition) is 3. The van der Waals surface area contributed by atoms with Crippen LogP contribution in [0.4, 0.5) is 0 Å². The van der Waals surface area contributed by atoms with E-state index in [1.165, 1.54) is 0 Å².